The maximum atomic E-state index is 3.58. The molecule has 2 nitrogen and oxygen atoms in total. The molecule has 1 atom stereocenters. The van der Waals surface area contributed by atoms with Crippen molar-refractivity contribution in [2.24, 2.45) is 0 Å². The smallest absolute Gasteiger partial charge is 0.0508 e. The molecule has 1 saturated heterocycles. The highest BCUT2D eigenvalue weighted by Crippen LogP contribution is 2.25. The van der Waals surface area contributed by atoms with E-state index in [4.69, 9.17) is 0 Å². The van der Waals surface area contributed by atoms with Crippen molar-refractivity contribution >= 4 is 21.6 Å². The van der Waals surface area contributed by atoms with E-state index in [1.807, 2.05) is 0 Å². The van der Waals surface area contributed by atoms with Crippen LogP contribution in [0.2, 0.25) is 0 Å². The number of rotatable bonds is 3. The first-order chi connectivity index (χ1) is 7.27. The molecule has 1 aromatic rings. The van der Waals surface area contributed by atoms with Crippen molar-refractivity contribution in [3.8, 4) is 0 Å². The third-order valence-electron chi connectivity index (χ3n) is 2.92. The van der Waals surface area contributed by atoms with Gasteiger partial charge in [-0.15, -0.1) is 0 Å². The number of hydrogen-bond acceptors (Lipinski definition) is 2. The Bertz CT molecular complexity index is 321. The lowest BCUT2D eigenvalue weighted by molar-refractivity contribution is 0.599. The van der Waals surface area contributed by atoms with Crippen LogP contribution in [0, 0.1) is 0 Å². The van der Waals surface area contributed by atoms with Gasteiger partial charge in [-0.25, -0.2) is 0 Å². The molecule has 1 fully saturated rings. The molecule has 82 valence electrons. The monoisotopic (exact) mass is 268 g/mol. The Morgan fingerprint density at radius 2 is 2.27 bits per heavy atom. The summed E-state index contributed by atoms with van der Waals surface area (Å²) in [6, 6.07) is 9.03. The molecule has 2 rings (SSSR count). The van der Waals surface area contributed by atoms with E-state index in [1.165, 1.54) is 29.5 Å². The van der Waals surface area contributed by atoms with Gasteiger partial charge in [-0.3, -0.25) is 0 Å². The molecule has 1 unspecified atom stereocenters. The third-order valence-corrected chi connectivity index (χ3v) is 3.59. The van der Waals surface area contributed by atoms with Gasteiger partial charge in [0.2, 0.25) is 0 Å². The van der Waals surface area contributed by atoms with E-state index in [2.05, 4.69) is 57.5 Å². The van der Waals surface area contributed by atoms with Gasteiger partial charge in [-0.05, 0) is 47.4 Å². The zero-order valence-electron chi connectivity index (χ0n) is 9.04. The minimum Gasteiger partial charge on any atom is -0.372 e. The van der Waals surface area contributed by atoms with Gasteiger partial charge in [0, 0.05) is 24.1 Å². The minimum absolute atomic E-state index is 0.655. The molecule has 0 aliphatic carbocycles. The normalized spacial score (nSPS) is 20.5. The van der Waals surface area contributed by atoms with Gasteiger partial charge in [0.1, 0.15) is 0 Å². The fraction of sp³-hybridized carbons (Fsp3) is 0.500. The van der Waals surface area contributed by atoms with E-state index in [0.717, 1.165) is 6.54 Å². The van der Waals surface area contributed by atoms with Crippen LogP contribution < -0.4 is 10.2 Å². The largest absolute Gasteiger partial charge is 0.372 e. The summed E-state index contributed by atoms with van der Waals surface area (Å²) in [5, 5.41) is 3.52. The molecular weight excluding hydrogens is 252 g/mol. The molecule has 1 aromatic carbocycles. The van der Waals surface area contributed by atoms with E-state index in [0.29, 0.717) is 6.04 Å². The number of likely N-dealkylation sites (N-methyl/N-ethyl adjacent to an activating group) is 1. The molecule has 0 spiro atoms. The van der Waals surface area contributed by atoms with Gasteiger partial charge in [0.25, 0.3) is 0 Å². The maximum Gasteiger partial charge on any atom is 0.0508 e. The highest BCUT2D eigenvalue weighted by molar-refractivity contribution is 9.10. The van der Waals surface area contributed by atoms with Gasteiger partial charge >= 0.3 is 0 Å². The Kier molecular flexibility index (Phi) is 3.65. The summed E-state index contributed by atoms with van der Waals surface area (Å²) in [5.41, 5.74) is 1.27. The third kappa shape index (κ3) is 2.73. The molecule has 1 heterocycles. The van der Waals surface area contributed by atoms with Crippen LogP contribution in [0.25, 0.3) is 0 Å². The van der Waals surface area contributed by atoms with Gasteiger partial charge in [-0.2, -0.15) is 0 Å². The molecule has 1 aliphatic rings. The fourth-order valence-electron chi connectivity index (χ4n) is 2.10. The van der Waals surface area contributed by atoms with Crippen molar-refractivity contribution in [1.29, 1.82) is 0 Å². The van der Waals surface area contributed by atoms with Crippen molar-refractivity contribution in [3.05, 3.63) is 28.7 Å². The number of anilines is 1. The Labute approximate surface area is 99.8 Å². The number of para-hydroxylation sites is 1. The van der Waals surface area contributed by atoms with Crippen molar-refractivity contribution in [3.63, 3.8) is 0 Å². The first-order valence-corrected chi connectivity index (χ1v) is 6.26. The van der Waals surface area contributed by atoms with Gasteiger partial charge in [-0.1, -0.05) is 12.1 Å². The zero-order chi connectivity index (χ0) is 10.7. The highest BCUT2D eigenvalue weighted by Gasteiger charge is 2.16. The lowest BCUT2D eigenvalue weighted by atomic mass is 10.2. The van der Waals surface area contributed by atoms with Crippen LogP contribution in [0.1, 0.15) is 12.8 Å². The SMILES string of the molecule is CN(CC1CCCN1)c1ccccc1Br. The summed E-state index contributed by atoms with van der Waals surface area (Å²) >= 11 is 3.58. The topological polar surface area (TPSA) is 15.3 Å². The van der Waals surface area contributed by atoms with E-state index in [9.17, 15) is 0 Å². The van der Waals surface area contributed by atoms with Crippen molar-refractivity contribution in [1.82, 2.24) is 5.32 Å². The fourth-order valence-corrected chi connectivity index (χ4v) is 2.69. The lowest BCUT2D eigenvalue weighted by Crippen LogP contribution is -2.35. The highest BCUT2D eigenvalue weighted by atomic mass is 79.9. The van der Waals surface area contributed by atoms with Crippen LogP contribution in [0.15, 0.2) is 28.7 Å². The maximum absolute atomic E-state index is 3.58. The second kappa shape index (κ2) is 4.99. The van der Waals surface area contributed by atoms with Crippen molar-refractivity contribution in [2.75, 3.05) is 25.0 Å². The standard InChI is InChI=1S/C12H17BrN2/c1-15(9-10-5-4-8-14-10)12-7-3-2-6-11(12)13/h2-3,6-7,10,14H,4-5,8-9H2,1H3. The summed E-state index contributed by atoms with van der Waals surface area (Å²) in [6.07, 6.45) is 2.61. The molecule has 3 heteroatoms. The summed E-state index contributed by atoms with van der Waals surface area (Å²) in [7, 11) is 2.15. The van der Waals surface area contributed by atoms with Crippen molar-refractivity contribution in [2.45, 2.75) is 18.9 Å². The molecule has 1 N–H and O–H groups in total. The molecular formula is C12H17BrN2. The van der Waals surface area contributed by atoms with Crippen molar-refractivity contribution < 1.29 is 0 Å². The number of halogens is 1. The number of nitrogens with zero attached hydrogens (tertiary/aromatic N) is 1. The zero-order valence-corrected chi connectivity index (χ0v) is 10.6. The van der Waals surface area contributed by atoms with Crippen LogP contribution in [0.4, 0.5) is 5.69 Å². The first-order valence-electron chi connectivity index (χ1n) is 5.46. The Balaban J connectivity index is 2.00. The average molecular weight is 269 g/mol. The van der Waals surface area contributed by atoms with Crippen LogP contribution in [0.3, 0.4) is 0 Å². The van der Waals surface area contributed by atoms with E-state index in [1.54, 1.807) is 0 Å². The second-order valence-corrected chi connectivity index (χ2v) is 4.98. The van der Waals surface area contributed by atoms with Gasteiger partial charge < -0.3 is 10.2 Å². The summed E-state index contributed by atoms with van der Waals surface area (Å²) in [4.78, 5) is 2.31. The van der Waals surface area contributed by atoms with E-state index < -0.39 is 0 Å². The summed E-state index contributed by atoms with van der Waals surface area (Å²) in [5.74, 6) is 0. The Morgan fingerprint density at radius 1 is 1.47 bits per heavy atom. The average Bonchev–Trinajstić information content (AvgIpc) is 2.71. The van der Waals surface area contributed by atoms with Gasteiger partial charge in [0.15, 0.2) is 0 Å². The molecule has 0 radical (unpaired) electrons. The van der Waals surface area contributed by atoms with E-state index in [-0.39, 0.29) is 0 Å². The first kappa shape index (κ1) is 11.0. The summed E-state index contributed by atoms with van der Waals surface area (Å²) < 4.78 is 1.17. The van der Waals surface area contributed by atoms with Crippen LogP contribution in [-0.4, -0.2) is 26.2 Å². The minimum atomic E-state index is 0.655. The number of nitrogens with one attached hydrogen (secondary N) is 1. The second-order valence-electron chi connectivity index (χ2n) is 4.13. The molecule has 0 bridgehead atoms. The molecule has 15 heavy (non-hydrogen) atoms. The molecule has 0 amide bonds. The van der Waals surface area contributed by atoms with Gasteiger partial charge in [0.05, 0.1) is 5.69 Å². The predicted octanol–water partition coefficient (Wildman–Crippen LogP) is 2.64. The molecule has 0 saturated carbocycles. The molecule has 1 aliphatic heterocycles. The quantitative estimate of drug-likeness (QED) is 0.907. The van der Waals surface area contributed by atoms with Crippen LogP contribution in [0.5, 0.6) is 0 Å². The molecule has 0 aromatic heterocycles. The van der Waals surface area contributed by atoms with Crippen LogP contribution in [-0.2, 0) is 0 Å². The number of hydrogen-bond donors (Lipinski definition) is 1. The lowest BCUT2D eigenvalue weighted by Gasteiger charge is -2.24. The Morgan fingerprint density at radius 3 is 2.93 bits per heavy atom. The Hall–Kier alpha value is -0.540. The van der Waals surface area contributed by atoms with E-state index >= 15 is 0 Å². The summed E-state index contributed by atoms with van der Waals surface area (Å²) in [6.45, 7) is 2.26. The van der Waals surface area contributed by atoms with Crippen LogP contribution >= 0.6 is 15.9 Å². The predicted molar refractivity (Wildman–Crippen MR) is 68.4 cm³/mol. The number of benzene rings is 1.